The van der Waals surface area contributed by atoms with Gasteiger partial charge in [-0.1, -0.05) is 39.0 Å². The van der Waals surface area contributed by atoms with Gasteiger partial charge in [0.05, 0.1) is 0 Å². The Morgan fingerprint density at radius 1 is 1.21 bits per heavy atom. The normalized spacial score (nSPS) is 24.8. The summed E-state index contributed by atoms with van der Waals surface area (Å²) in [5.41, 5.74) is 3.89. The first kappa shape index (κ1) is 18.8. The number of amides is 1. The molecule has 1 saturated carbocycles. The molecule has 28 heavy (non-hydrogen) atoms. The number of rotatable bonds is 2. The van der Waals surface area contributed by atoms with Crippen molar-refractivity contribution < 1.29 is 14.7 Å². The minimum atomic E-state index is -0.383. The Morgan fingerprint density at radius 2 is 1.96 bits per heavy atom. The molecule has 5 nitrogen and oxygen atoms in total. The molecule has 2 aromatic carbocycles. The first-order chi connectivity index (χ1) is 13.3. The number of hydrogen-bond donors (Lipinski definition) is 3. The van der Waals surface area contributed by atoms with Crippen LogP contribution < -0.4 is 10.8 Å². The van der Waals surface area contributed by atoms with Gasteiger partial charge in [-0.3, -0.25) is 15.1 Å². The van der Waals surface area contributed by atoms with Gasteiger partial charge in [0.2, 0.25) is 0 Å². The van der Waals surface area contributed by atoms with Crippen LogP contribution in [0.1, 0.15) is 46.5 Å². The van der Waals surface area contributed by atoms with Crippen LogP contribution >= 0.6 is 0 Å². The molecule has 0 radical (unpaired) electrons. The van der Waals surface area contributed by atoms with Crippen LogP contribution in [0.3, 0.4) is 0 Å². The fourth-order valence-electron chi connectivity index (χ4n) is 4.37. The van der Waals surface area contributed by atoms with Crippen LogP contribution in [-0.4, -0.2) is 16.6 Å². The van der Waals surface area contributed by atoms with Gasteiger partial charge >= 0.3 is 0 Å². The third-order valence-corrected chi connectivity index (χ3v) is 6.19. The van der Waals surface area contributed by atoms with Gasteiger partial charge in [0.15, 0.2) is 0 Å². The van der Waals surface area contributed by atoms with E-state index in [1.165, 1.54) is 0 Å². The molecule has 0 unspecified atom stereocenters. The number of carbonyl (C=O) groups is 1. The number of nitrogens with one attached hydrogen (secondary N) is 2. The maximum Gasteiger partial charge on any atom is 0.273 e. The second kappa shape index (κ2) is 6.82. The lowest BCUT2D eigenvalue weighted by Crippen LogP contribution is -2.37. The second-order valence-electron chi connectivity index (χ2n) is 9.13. The van der Waals surface area contributed by atoms with Crippen molar-refractivity contribution in [2.24, 2.45) is 11.3 Å². The highest BCUT2D eigenvalue weighted by Gasteiger charge is 2.42. The number of phenolic OH excluding ortho intramolecular Hbond substituents is 1. The number of hydroxylamine groups is 1. The molecular formula is C23H28N2O3. The first-order valence-electron chi connectivity index (χ1n) is 9.96. The van der Waals surface area contributed by atoms with E-state index in [0.29, 0.717) is 22.7 Å². The molecule has 3 N–H and O–H groups in total. The summed E-state index contributed by atoms with van der Waals surface area (Å²) in [7, 11) is 0. The Hall–Kier alpha value is -2.53. The minimum absolute atomic E-state index is 0.172. The summed E-state index contributed by atoms with van der Waals surface area (Å²) < 4.78 is 0. The Labute approximate surface area is 165 Å². The zero-order valence-electron chi connectivity index (χ0n) is 16.7. The van der Waals surface area contributed by atoms with Crippen LogP contribution in [0.4, 0.5) is 5.69 Å². The van der Waals surface area contributed by atoms with Crippen molar-refractivity contribution in [3.8, 4) is 5.75 Å². The topological polar surface area (TPSA) is 70.6 Å². The molecule has 0 saturated heterocycles. The van der Waals surface area contributed by atoms with E-state index in [1.54, 1.807) is 12.1 Å². The van der Waals surface area contributed by atoms with Crippen LogP contribution in [0.15, 0.2) is 48.2 Å². The van der Waals surface area contributed by atoms with Crippen LogP contribution in [0.5, 0.6) is 5.75 Å². The molecular weight excluding hydrogens is 352 g/mol. The third-order valence-electron chi connectivity index (χ3n) is 6.19. The maximum atomic E-state index is 12.8. The Bertz CT molecular complexity index is 935. The predicted molar refractivity (Wildman–Crippen MR) is 111 cm³/mol. The van der Waals surface area contributed by atoms with Crippen molar-refractivity contribution in [3.05, 3.63) is 48.2 Å². The largest absolute Gasteiger partial charge is 0.508 e. The molecule has 1 amide bonds. The van der Waals surface area contributed by atoms with Crippen LogP contribution in [0.2, 0.25) is 0 Å². The molecule has 0 bridgehead atoms. The molecule has 2 aliphatic rings. The molecule has 4 rings (SSSR count). The highest BCUT2D eigenvalue weighted by molar-refractivity contribution is 6.08. The zero-order valence-corrected chi connectivity index (χ0v) is 16.7. The Balaban J connectivity index is 1.50. The van der Waals surface area contributed by atoms with Gasteiger partial charge in [-0.25, -0.2) is 0 Å². The molecule has 2 aromatic rings. The van der Waals surface area contributed by atoms with Gasteiger partial charge < -0.3 is 10.4 Å². The molecule has 1 fully saturated rings. The van der Waals surface area contributed by atoms with Crippen molar-refractivity contribution in [2.75, 3.05) is 5.32 Å². The summed E-state index contributed by atoms with van der Waals surface area (Å²) >= 11 is 0. The standard InChI is InChI=1S/C23H28N2O3/c1-22(2,3)16-9-11-23(12-10-16)14-20(25-28-23)21(27)24-19-6-4-5-15-7-8-17(26)13-18(15)19/h4-8,13-14,16,25-26H,9-12H2,1-3H3,(H,24,27). The SMILES string of the molecule is CC(C)(C)C1CCC2(C=C(C(=O)Nc3cccc4ccc(O)cc34)NO2)CC1. The average molecular weight is 380 g/mol. The summed E-state index contributed by atoms with van der Waals surface area (Å²) in [6, 6.07) is 10.8. The van der Waals surface area contributed by atoms with Crippen molar-refractivity contribution in [1.29, 1.82) is 0 Å². The summed E-state index contributed by atoms with van der Waals surface area (Å²) in [4.78, 5) is 18.7. The molecule has 1 heterocycles. The van der Waals surface area contributed by atoms with E-state index in [1.807, 2.05) is 30.3 Å². The van der Waals surface area contributed by atoms with E-state index in [4.69, 9.17) is 4.84 Å². The van der Waals surface area contributed by atoms with Gasteiger partial charge in [-0.2, -0.15) is 0 Å². The van der Waals surface area contributed by atoms with E-state index >= 15 is 0 Å². The number of fused-ring (bicyclic) bond motifs is 1. The number of carbonyl (C=O) groups excluding carboxylic acids is 1. The van der Waals surface area contributed by atoms with Gasteiger partial charge in [0.1, 0.15) is 17.0 Å². The maximum absolute atomic E-state index is 12.8. The lowest BCUT2D eigenvalue weighted by Gasteiger charge is -2.40. The van der Waals surface area contributed by atoms with E-state index in [2.05, 4.69) is 31.6 Å². The second-order valence-corrected chi connectivity index (χ2v) is 9.13. The van der Waals surface area contributed by atoms with E-state index < -0.39 is 0 Å². The van der Waals surface area contributed by atoms with Crippen molar-refractivity contribution in [3.63, 3.8) is 0 Å². The summed E-state index contributed by atoms with van der Waals surface area (Å²) in [6.45, 7) is 6.88. The van der Waals surface area contributed by atoms with Crippen LogP contribution in [0.25, 0.3) is 10.8 Å². The predicted octanol–water partition coefficient (Wildman–Crippen LogP) is 4.88. The first-order valence-corrected chi connectivity index (χ1v) is 9.96. The van der Waals surface area contributed by atoms with Gasteiger partial charge in [0.25, 0.3) is 5.91 Å². The number of phenols is 1. The van der Waals surface area contributed by atoms with Crippen LogP contribution in [0, 0.1) is 11.3 Å². The number of hydrogen-bond acceptors (Lipinski definition) is 4. The fraction of sp³-hybridized carbons (Fsp3) is 0.435. The minimum Gasteiger partial charge on any atom is -0.508 e. The fourth-order valence-corrected chi connectivity index (χ4v) is 4.37. The van der Waals surface area contributed by atoms with Gasteiger partial charge in [-0.15, -0.1) is 0 Å². The lowest BCUT2D eigenvalue weighted by molar-refractivity contribution is -0.115. The monoisotopic (exact) mass is 380 g/mol. The van der Waals surface area contributed by atoms with Crippen molar-refractivity contribution in [2.45, 2.75) is 52.1 Å². The summed E-state index contributed by atoms with van der Waals surface area (Å²) in [5, 5.41) is 14.5. The summed E-state index contributed by atoms with van der Waals surface area (Å²) in [5.74, 6) is 0.618. The number of benzene rings is 2. The van der Waals surface area contributed by atoms with E-state index in [9.17, 15) is 9.90 Å². The third kappa shape index (κ3) is 3.59. The van der Waals surface area contributed by atoms with Gasteiger partial charge in [0, 0.05) is 11.1 Å². The lowest BCUT2D eigenvalue weighted by atomic mass is 9.68. The molecule has 0 aromatic heterocycles. The highest BCUT2D eigenvalue weighted by Crippen LogP contribution is 2.44. The number of anilines is 1. The van der Waals surface area contributed by atoms with Crippen LogP contribution in [-0.2, 0) is 9.63 Å². The van der Waals surface area contributed by atoms with Gasteiger partial charge in [-0.05, 0) is 66.7 Å². The summed E-state index contributed by atoms with van der Waals surface area (Å²) in [6.07, 6.45) is 5.98. The average Bonchev–Trinajstić information content (AvgIpc) is 3.05. The zero-order chi connectivity index (χ0) is 19.9. The molecule has 5 heteroatoms. The van der Waals surface area contributed by atoms with E-state index in [-0.39, 0.29) is 17.3 Å². The molecule has 1 aliphatic carbocycles. The molecule has 1 aliphatic heterocycles. The van der Waals surface area contributed by atoms with Crippen molar-refractivity contribution >= 4 is 22.4 Å². The quantitative estimate of drug-likeness (QED) is 0.695. The highest BCUT2D eigenvalue weighted by atomic mass is 16.7. The number of aromatic hydroxyl groups is 1. The molecule has 148 valence electrons. The molecule has 1 spiro atoms. The Kier molecular flexibility index (Phi) is 4.58. The Morgan fingerprint density at radius 3 is 2.68 bits per heavy atom. The molecule has 0 atom stereocenters. The van der Waals surface area contributed by atoms with E-state index in [0.717, 1.165) is 36.5 Å². The van der Waals surface area contributed by atoms with Crippen molar-refractivity contribution in [1.82, 2.24) is 5.48 Å². The smallest absolute Gasteiger partial charge is 0.273 e.